The van der Waals surface area contributed by atoms with Gasteiger partial charge in [-0.25, -0.2) is 13.1 Å². The molecule has 0 aliphatic carbocycles. The van der Waals surface area contributed by atoms with Gasteiger partial charge in [0.15, 0.2) is 14.4 Å². The highest BCUT2D eigenvalue weighted by Gasteiger charge is 2.37. The van der Waals surface area contributed by atoms with Crippen molar-refractivity contribution in [3.05, 3.63) is 10.3 Å². The second-order valence-corrected chi connectivity index (χ2v) is 7.12. The van der Waals surface area contributed by atoms with Gasteiger partial charge < -0.3 is 0 Å². The van der Waals surface area contributed by atoms with Crippen molar-refractivity contribution < 1.29 is 13.2 Å². The van der Waals surface area contributed by atoms with Crippen LogP contribution in [0, 0.1) is 0 Å². The summed E-state index contributed by atoms with van der Waals surface area (Å²) in [5, 5.41) is 6.44. The standard InChI is InChI=1S/C9H12BrN3O3S/c1-13-7(9(10)11-12-13)8(14)6-4-2-3-5-17(6,15)16/h6H,2-5H2,1H3. The molecule has 6 nitrogen and oxygen atoms in total. The molecular formula is C9H12BrN3O3S. The summed E-state index contributed by atoms with van der Waals surface area (Å²) in [4.78, 5) is 12.2. The number of hydrogen-bond donors (Lipinski definition) is 0. The summed E-state index contributed by atoms with van der Waals surface area (Å²) in [5.74, 6) is -0.323. The molecule has 8 heteroatoms. The van der Waals surface area contributed by atoms with Crippen LogP contribution in [-0.2, 0) is 16.9 Å². The van der Waals surface area contributed by atoms with Crippen molar-refractivity contribution >= 4 is 31.6 Å². The number of carbonyl (C=O) groups excluding carboxylic acids is 1. The van der Waals surface area contributed by atoms with Crippen LogP contribution in [0.25, 0.3) is 0 Å². The number of aromatic nitrogens is 3. The van der Waals surface area contributed by atoms with Crippen LogP contribution in [0.15, 0.2) is 4.60 Å². The average Bonchev–Trinajstić information content (AvgIpc) is 2.57. The molecule has 0 spiro atoms. The van der Waals surface area contributed by atoms with Gasteiger partial charge in [-0.3, -0.25) is 4.79 Å². The molecule has 0 N–H and O–H groups in total. The number of nitrogens with zero attached hydrogens (tertiary/aromatic N) is 3. The topological polar surface area (TPSA) is 81.9 Å². The third kappa shape index (κ3) is 2.28. The molecule has 0 aromatic carbocycles. The summed E-state index contributed by atoms with van der Waals surface area (Å²) >= 11 is 3.11. The maximum atomic E-state index is 12.2. The number of carbonyl (C=O) groups is 1. The Kier molecular flexibility index (Phi) is 3.35. The SMILES string of the molecule is Cn1nnc(Br)c1C(=O)C1CCCCS1(=O)=O. The van der Waals surface area contributed by atoms with E-state index < -0.39 is 20.9 Å². The van der Waals surface area contributed by atoms with E-state index in [4.69, 9.17) is 0 Å². The predicted octanol–water partition coefficient (Wildman–Crippen LogP) is 0.728. The monoisotopic (exact) mass is 321 g/mol. The minimum Gasteiger partial charge on any atom is -0.291 e. The highest BCUT2D eigenvalue weighted by Crippen LogP contribution is 2.25. The molecule has 2 rings (SSSR count). The van der Waals surface area contributed by atoms with E-state index in [-0.39, 0.29) is 11.4 Å². The highest BCUT2D eigenvalue weighted by atomic mass is 79.9. The molecular weight excluding hydrogens is 310 g/mol. The first kappa shape index (κ1) is 12.7. The Hall–Kier alpha value is -0.760. The Labute approximate surface area is 107 Å². The van der Waals surface area contributed by atoms with E-state index in [0.29, 0.717) is 17.4 Å². The second-order valence-electron chi connectivity index (χ2n) is 4.07. The van der Waals surface area contributed by atoms with Crippen molar-refractivity contribution in [2.24, 2.45) is 7.05 Å². The van der Waals surface area contributed by atoms with Crippen molar-refractivity contribution in [2.45, 2.75) is 24.5 Å². The molecule has 0 bridgehead atoms. The number of rotatable bonds is 2. The maximum Gasteiger partial charge on any atom is 0.201 e. The molecule has 0 radical (unpaired) electrons. The van der Waals surface area contributed by atoms with E-state index >= 15 is 0 Å². The van der Waals surface area contributed by atoms with Gasteiger partial charge in [0, 0.05) is 7.05 Å². The lowest BCUT2D eigenvalue weighted by atomic mass is 10.1. The summed E-state index contributed by atoms with van der Waals surface area (Å²) in [6, 6.07) is 0. The number of ketones is 1. The number of aryl methyl sites for hydroxylation is 1. The van der Waals surface area contributed by atoms with Crippen LogP contribution in [0.2, 0.25) is 0 Å². The van der Waals surface area contributed by atoms with Gasteiger partial charge in [0.05, 0.1) is 5.75 Å². The molecule has 0 amide bonds. The second kappa shape index (κ2) is 4.49. The van der Waals surface area contributed by atoms with Gasteiger partial charge in [0.2, 0.25) is 5.78 Å². The lowest BCUT2D eigenvalue weighted by molar-refractivity contribution is 0.0971. The summed E-state index contributed by atoms with van der Waals surface area (Å²) in [6.45, 7) is 0. The molecule has 1 aliphatic heterocycles. The summed E-state index contributed by atoms with van der Waals surface area (Å²) in [7, 11) is -1.75. The Morgan fingerprint density at radius 1 is 1.47 bits per heavy atom. The largest absolute Gasteiger partial charge is 0.291 e. The molecule has 1 fully saturated rings. The van der Waals surface area contributed by atoms with Crippen LogP contribution in [-0.4, -0.2) is 40.2 Å². The molecule has 1 atom stereocenters. The smallest absolute Gasteiger partial charge is 0.201 e. The van der Waals surface area contributed by atoms with E-state index in [9.17, 15) is 13.2 Å². The van der Waals surface area contributed by atoms with E-state index in [1.807, 2.05) is 0 Å². The maximum absolute atomic E-state index is 12.2. The van der Waals surface area contributed by atoms with Crippen molar-refractivity contribution in [2.75, 3.05) is 5.75 Å². The van der Waals surface area contributed by atoms with Crippen LogP contribution < -0.4 is 0 Å². The Morgan fingerprint density at radius 2 is 2.18 bits per heavy atom. The van der Waals surface area contributed by atoms with E-state index in [1.165, 1.54) is 4.68 Å². The summed E-state index contributed by atoms with van der Waals surface area (Å²) in [5.41, 5.74) is 0.223. The fourth-order valence-corrected chi connectivity index (χ4v) is 4.37. The zero-order valence-corrected chi connectivity index (χ0v) is 11.7. The first-order chi connectivity index (χ1) is 7.93. The molecule has 1 aliphatic rings. The fraction of sp³-hybridized carbons (Fsp3) is 0.667. The average molecular weight is 322 g/mol. The van der Waals surface area contributed by atoms with Gasteiger partial charge in [0.25, 0.3) is 0 Å². The summed E-state index contributed by atoms with van der Waals surface area (Å²) in [6.07, 6.45) is 1.79. The van der Waals surface area contributed by atoms with Crippen LogP contribution in [0.5, 0.6) is 0 Å². The van der Waals surface area contributed by atoms with E-state index in [2.05, 4.69) is 26.2 Å². The Balaban J connectivity index is 2.38. The predicted molar refractivity (Wildman–Crippen MR) is 64.5 cm³/mol. The number of halogens is 1. The summed E-state index contributed by atoms with van der Waals surface area (Å²) < 4.78 is 25.3. The van der Waals surface area contributed by atoms with Gasteiger partial charge in [-0.2, -0.15) is 0 Å². The van der Waals surface area contributed by atoms with Gasteiger partial charge in [-0.05, 0) is 28.8 Å². The van der Waals surface area contributed by atoms with Crippen LogP contribution >= 0.6 is 15.9 Å². The molecule has 94 valence electrons. The Morgan fingerprint density at radius 3 is 2.71 bits per heavy atom. The molecule has 0 saturated carbocycles. The van der Waals surface area contributed by atoms with Gasteiger partial charge in [-0.1, -0.05) is 11.6 Å². The highest BCUT2D eigenvalue weighted by molar-refractivity contribution is 9.10. The van der Waals surface area contributed by atoms with Crippen LogP contribution in [0.3, 0.4) is 0 Å². The molecule has 1 aromatic rings. The van der Waals surface area contributed by atoms with Crippen LogP contribution in [0.1, 0.15) is 29.8 Å². The van der Waals surface area contributed by atoms with Crippen LogP contribution in [0.4, 0.5) is 0 Å². The number of sulfone groups is 1. The first-order valence-electron chi connectivity index (χ1n) is 5.24. The van der Waals surface area contributed by atoms with Gasteiger partial charge in [0.1, 0.15) is 10.9 Å². The van der Waals surface area contributed by atoms with Gasteiger partial charge >= 0.3 is 0 Å². The zero-order chi connectivity index (χ0) is 12.6. The van der Waals surface area contributed by atoms with Crippen molar-refractivity contribution in [1.82, 2.24) is 15.0 Å². The molecule has 1 saturated heterocycles. The Bertz CT molecular complexity index is 532. The third-order valence-electron chi connectivity index (χ3n) is 2.89. The third-order valence-corrected chi connectivity index (χ3v) is 5.60. The quantitative estimate of drug-likeness (QED) is 0.750. The lowest BCUT2D eigenvalue weighted by Crippen LogP contribution is -2.36. The first-order valence-corrected chi connectivity index (χ1v) is 7.75. The molecule has 2 heterocycles. The van der Waals surface area contributed by atoms with Crippen molar-refractivity contribution in [3.63, 3.8) is 0 Å². The minimum atomic E-state index is -3.32. The zero-order valence-electron chi connectivity index (χ0n) is 9.26. The van der Waals surface area contributed by atoms with E-state index in [0.717, 1.165) is 6.42 Å². The fourth-order valence-electron chi connectivity index (χ4n) is 1.99. The molecule has 17 heavy (non-hydrogen) atoms. The number of Topliss-reactive ketones (excluding diaryl/α,β-unsaturated/α-hetero) is 1. The molecule has 1 unspecified atom stereocenters. The minimum absolute atomic E-state index is 0.0896. The molecule has 1 aromatic heterocycles. The van der Waals surface area contributed by atoms with Crippen molar-refractivity contribution in [3.8, 4) is 0 Å². The lowest BCUT2D eigenvalue weighted by Gasteiger charge is -2.20. The van der Waals surface area contributed by atoms with E-state index in [1.54, 1.807) is 7.05 Å². The van der Waals surface area contributed by atoms with Crippen molar-refractivity contribution in [1.29, 1.82) is 0 Å². The normalized spacial score (nSPS) is 23.5. The van der Waals surface area contributed by atoms with Gasteiger partial charge in [-0.15, -0.1) is 5.10 Å². The number of hydrogen-bond acceptors (Lipinski definition) is 5.